The van der Waals surface area contributed by atoms with Gasteiger partial charge >= 0.3 is 0 Å². The van der Waals surface area contributed by atoms with Crippen LogP contribution < -0.4 is 10.9 Å². The van der Waals surface area contributed by atoms with Gasteiger partial charge in [0.1, 0.15) is 10.7 Å². The van der Waals surface area contributed by atoms with Crippen molar-refractivity contribution in [3.63, 3.8) is 0 Å². The van der Waals surface area contributed by atoms with Crippen molar-refractivity contribution in [1.29, 1.82) is 0 Å². The molecule has 27 heavy (non-hydrogen) atoms. The zero-order valence-corrected chi connectivity index (χ0v) is 17.7. The highest BCUT2D eigenvalue weighted by Crippen LogP contribution is 2.27. The number of nitrogens with zero attached hydrogens (tertiary/aromatic N) is 1. The third-order valence-electron chi connectivity index (χ3n) is 4.57. The molecule has 2 aromatic heterocycles. The number of hydrogen-bond donors (Lipinski definition) is 2. The van der Waals surface area contributed by atoms with Crippen LogP contribution >= 0.6 is 23.1 Å². The quantitative estimate of drug-likeness (QED) is 0.661. The molecule has 0 aliphatic carbocycles. The molecule has 3 aromatic rings. The number of aromatic nitrogens is 2. The van der Waals surface area contributed by atoms with E-state index in [0.717, 1.165) is 32.1 Å². The number of benzene rings is 1. The highest BCUT2D eigenvalue weighted by molar-refractivity contribution is 7.99. The van der Waals surface area contributed by atoms with Gasteiger partial charge in [-0.1, -0.05) is 17.7 Å². The normalized spacial score (nSPS) is 12.3. The van der Waals surface area contributed by atoms with Crippen molar-refractivity contribution in [2.75, 3.05) is 5.32 Å². The fraction of sp³-hybridized carbons (Fsp3) is 0.350. The molecule has 7 heteroatoms. The molecule has 0 saturated heterocycles. The number of nitrogens with one attached hydrogen (secondary N) is 2. The Labute approximate surface area is 166 Å². The topological polar surface area (TPSA) is 74.8 Å². The Morgan fingerprint density at radius 1 is 1.30 bits per heavy atom. The van der Waals surface area contributed by atoms with Gasteiger partial charge in [0.15, 0.2) is 0 Å². The lowest BCUT2D eigenvalue weighted by atomic mass is 10.1. The van der Waals surface area contributed by atoms with Crippen LogP contribution in [-0.4, -0.2) is 21.1 Å². The highest BCUT2D eigenvalue weighted by Gasteiger charge is 2.17. The van der Waals surface area contributed by atoms with Crippen LogP contribution in [0.5, 0.6) is 0 Å². The van der Waals surface area contributed by atoms with Gasteiger partial charge in [0, 0.05) is 10.6 Å². The van der Waals surface area contributed by atoms with Crippen molar-refractivity contribution >= 4 is 44.9 Å². The molecule has 1 amide bonds. The predicted octanol–water partition coefficient (Wildman–Crippen LogP) is 4.48. The molecule has 142 valence electrons. The Bertz CT molecular complexity index is 1070. The summed E-state index contributed by atoms with van der Waals surface area (Å²) < 4.78 is 0. The van der Waals surface area contributed by atoms with E-state index in [1.807, 2.05) is 52.8 Å². The molecule has 0 spiro atoms. The number of rotatable bonds is 5. The largest absolute Gasteiger partial charge is 0.325 e. The number of amides is 1. The molecule has 2 N–H and O–H groups in total. The monoisotopic (exact) mass is 401 g/mol. The maximum absolute atomic E-state index is 12.5. The molecule has 5 nitrogen and oxygen atoms in total. The highest BCUT2D eigenvalue weighted by atomic mass is 32.2. The molecule has 0 fully saturated rings. The van der Waals surface area contributed by atoms with Crippen LogP contribution in [0.25, 0.3) is 10.2 Å². The molecule has 0 bridgehead atoms. The third kappa shape index (κ3) is 4.25. The minimum Gasteiger partial charge on any atom is -0.325 e. The van der Waals surface area contributed by atoms with Crippen molar-refractivity contribution in [3.8, 4) is 0 Å². The van der Waals surface area contributed by atoms with E-state index in [-0.39, 0.29) is 16.7 Å². The van der Waals surface area contributed by atoms with Crippen LogP contribution in [0.2, 0.25) is 0 Å². The lowest BCUT2D eigenvalue weighted by Gasteiger charge is -2.13. The summed E-state index contributed by atoms with van der Waals surface area (Å²) in [6.07, 6.45) is 0. The Balaban J connectivity index is 1.68. The first kappa shape index (κ1) is 19.6. The number of anilines is 1. The molecule has 0 saturated carbocycles. The van der Waals surface area contributed by atoms with Crippen LogP contribution in [0.15, 0.2) is 23.0 Å². The van der Waals surface area contributed by atoms with Crippen LogP contribution in [0, 0.1) is 27.7 Å². The first-order valence-corrected chi connectivity index (χ1v) is 10.6. The van der Waals surface area contributed by atoms with E-state index >= 15 is 0 Å². The summed E-state index contributed by atoms with van der Waals surface area (Å²) >= 11 is 2.99. The lowest BCUT2D eigenvalue weighted by molar-refractivity contribution is -0.115. The van der Waals surface area contributed by atoms with Crippen molar-refractivity contribution in [2.45, 2.75) is 45.6 Å². The molecule has 2 heterocycles. The van der Waals surface area contributed by atoms with Gasteiger partial charge in [-0.3, -0.25) is 9.59 Å². The molecule has 0 aliphatic heterocycles. The van der Waals surface area contributed by atoms with Gasteiger partial charge in [0.05, 0.1) is 16.4 Å². The molecule has 0 unspecified atom stereocenters. The van der Waals surface area contributed by atoms with Gasteiger partial charge in [-0.15, -0.1) is 23.1 Å². The summed E-state index contributed by atoms with van der Waals surface area (Å²) in [7, 11) is 0. The third-order valence-corrected chi connectivity index (χ3v) is 6.82. The zero-order valence-electron chi connectivity index (χ0n) is 16.1. The summed E-state index contributed by atoms with van der Waals surface area (Å²) in [6.45, 7) is 9.81. The Morgan fingerprint density at radius 3 is 2.74 bits per heavy atom. The van der Waals surface area contributed by atoms with Crippen molar-refractivity contribution in [1.82, 2.24) is 9.97 Å². The van der Waals surface area contributed by atoms with Crippen molar-refractivity contribution in [2.24, 2.45) is 0 Å². The van der Waals surface area contributed by atoms with Crippen molar-refractivity contribution < 1.29 is 4.79 Å². The molecule has 1 atom stereocenters. The molecular weight excluding hydrogens is 378 g/mol. The zero-order chi connectivity index (χ0) is 19.7. The Morgan fingerprint density at radius 2 is 2.04 bits per heavy atom. The van der Waals surface area contributed by atoms with Gasteiger partial charge in [-0.05, 0) is 51.8 Å². The van der Waals surface area contributed by atoms with E-state index in [2.05, 4.69) is 15.3 Å². The average molecular weight is 402 g/mol. The van der Waals surface area contributed by atoms with E-state index in [4.69, 9.17) is 0 Å². The summed E-state index contributed by atoms with van der Waals surface area (Å²) in [6, 6.07) is 5.95. The number of aryl methyl sites for hydroxylation is 4. The lowest BCUT2D eigenvalue weighted by Crippen LogP contribution is -2.23. The summed E-state index contributed by atoms with van der Waals surface area (Å²) in [5, 5.41) is 3.38. The number of carbonyl (C=O) groups is 1. The van der Waals surface area contributed by atoms with Crippen molar-refractivity contribution in [3.05, 3.63) is 55.9 Å². The van der Waals surface area contributed by atoms with Crippen LogP contribution in [-0.2, 0) is 10.5 Å². The summed E-state index contributed by atoms with van der Waals surface area (Å²) in [4.78, 5) is 34.1. The molecule has 0 aliphatic rings. The van der Waals surface area contributed by atoms with Gasteiger partial charge in [-0.25, -0.2) is 4.98 Å². The minimum atomic E-state index is -0.265. The minimum absolute atomic E-state index is 0.0572. The standard InChI is InChI=1S/C20H23N3O2S2/c1-10-6-7-15(11(2)8-10)21-18(24)14(5)26-9-16-22-19(25)17-12(3)13(4)27-20(17)23-16/h6-8,14H,9H2,1-5H3,(H,21,24)(H,22,23,25)/t14-/m0/s1. The number of hydrogen-bond acceptors (Lipinski definition) is 5. The second-order valence-electron chi connectivity index (χ2n) is 6.74. The van der Waals surface area contributed by atoms with E-state index in [9.17, 15) is 9.59 Å². The van der Waals surface area contributed by atoms with E-state index in [1.54, 1.807) is 0 Å². The van der Waals surface area contributed by atoms with Gasteiger partial charge in [-0.2, -0.15) is 0 Å². The van der Waals surface area contributed by atoms with E-state index < -0.39 is 0 Å². The number of carbonyl (C=O) groups excluding carboxylic acids is 1. The molecular formula is C20H23N3O2S2. The predicted molar refractivity (Wildman–Crippen MR) is 115 cm³/mol. The van der Waals surface area contributed by atoms with E-state index in [0.29, 0.717) is 17.0 Å². The molecule has 3 rings (SSSR count). The Kier molecular flexibility index (Phi) is 5.72. The Hall–Kier alpha value is -2.12. The fourth-order valence-corrected chi connectivity index (χ4v) is 4.64. The van der Waals surface area contributed by atoms with Crippen LogP contribution in [0.3, 0.4) is 0 Å². The van der Waals surface area contributed by atoms with Crippen LogP contribution in [0.4, 0.5) is 5.69 Å². The summed E-state index contributed by atoms with van der Waals surface area (Å²) in [5.41, 5.74) is 3.92. The first-order chi connectivity index (χ1) is 12.8. The van der Waals surface area contributed by atoms with Gasteiger partial charge in [0.25, 0.3) is 5.56 Å². The average Bonchev–Trinajstić information content (AvgIpc) is 2.89. The van der Waals surface area contributed by atoms with Gasteiger partial charge < -0.3 is 10.3 Å². The van der Waals surface area contributed by atoms with Gasteiger partial charge in [0.2, 0.25) is 5.91 Å². The number of thiophene rings is 1. The second-order valence-corrected chi connectivity index (χ2v) is 9.27. The number of thioether (sulfide) groups is 1. The smallest absolute Gasteiger partial charge is 0.259 e. The van der Waals surface area contributed by atoms with Crippen LogP contribution in [0.1, 0.15) is 34.3 Å². The molecule has 0 radical (unpaired) electrons. The number of H-pyrrole nitrogens is 1. The molecule has 1 aromatic carbocycles. The maximum Gasteiger partial charge on any atom is 0.259 e. The SMILES string of the molecule is Cc1ccc(NC(=O)[C@H](C)SCc2nc3sc(C)c(C)c3c(=O)[nH]2)c(C)c1. The van der Waals surface area contributed by atoms with E-state index in [1.165, 1.54) is 23.1 Å². The second kappa shape index (κ2) is 7.86. The fourth-order valence-electron chi connectivity index (χ4n) is 2.84. The number of aromatic amines is 1. The maximum atomic E-state index is 12.5. The number of fused-ring (bicyclic) bond motifs is 1. The first-order valence-electron chi connectivity index (χ1n) is 8.75. The summed E-state index contributed by atoms with van der Waals surface area (Å²) in [5.74, 6) is 1.02.